The number of benzene rings is 1. The summed E-state index contributed by atoms with van der Waals surface area (Å²) in [6.45, 7) is 7.50. The SMILES string of the molecule is CC(C)Sc1cc(N2CCOCC2)cc2c(-c3ccnc(NC4CCCC4)n3)c(-c3ccc(F)cc3)nn12. The highest BCUT2D eigenvalue weighted by Crippen LogP contribution is 2.39. The molecule has 198 valence electrons. The topological polar surface area (TPSA) is 67.6 Å². The van der Waals surface area contributed by atoms with Crippen molar-refractivity contribution >= 4 is 28.9 Å². The Morgan fingerprint density at radius 2 is 1.82 bits per heavy atom. The highest BCUT2D eigenvalue weighted by Gasteiger charge is 2.24. The van der Waals surface area contributed by atoms with E-state index in [1.165, 1.54) is 25.0 Å². The van der Waals surface area contributed by atoms with Crippen LogP contribution in [0.15, 0.2) is 53.7 Å². The van der Waals surface area contributed by atoms with E-state index in [1.54, 1.807) is 23.9 Å². The summed E-state index contributed by atoms with van der Waals surface area (Å²) >= 11 is 1.78. The minimum absolute atomic E-state index is 0.269. The number of ether oxygens (including phenoxy) is 1. The number of rotatable bonds is 7. The van der Waals surface area contributed by atoms with Gasteiger partial charge in [-0.05, 0) is 55.3 Å². The first-order valence-corrected chi connectivity index (χ1v) is 14.3. The molecule has 6 rings (SSSR count). The van der Waals surface area contributed by atoms with Crippen LogP contribution in [0.25, 0.3) is 28.0 Å². The van der Waals surface area contributed by atoms with Gasteiger partial charge in [-0.3, -0.25) is 0 Å². The lowest BCUT2D eigenvalue weighted by Gasteiger charge is -2.29. The van der Waals surface area contributed by atoms with Gasteiger partial charge in [-0.25, -0.2) is 18.9 Å². The van der Waals surface area contributed by atoms with Gasteiger partial charge in [0.05, 0.1) is 30.0 Å². The zero-order valence-corrected chi connectivity index (χ0v) is 22.7. The van der Waals surface area contributed by atoms with E-state index in [4.69, 9.17) is 14.8 Å². The molecule has 1 saturated heterocycles. The normalized spacial score (nSPS) is 16.6. The van der Waals surface area contributed by atoms with E-state index in [0.29, 0.717) is 30.5 Å². The fourth-order valence-electron chi connectivity index (χ4n) is 5.31. The molecule has 2 fully saturated rings. The van der Waals surface area contributed by atoms with E-state index >= 15 is 0 Å². The maximum atomic E-state index is 13.9. The lowest BCUT2D eigenvalue weighted by Crippen LogP contribution is -2.36. The van der Waals surface area contributed by atoms with Crippen molar-refractivity contribution < 1.29 is 9.13 Å². The van der Waals surface area contributed by atoms with Crippen LogP contribution in [0.2, 0.25) is 0 Å². The fourth-order valence-corrected chi connectivity index (χ4v) is 6.22. The summed E-state index contributed by atoms with van der Waals surface area (Å²) in [4.78, 5) is 11.9. The van der Waals surface area contributed by atoms with Crippen molar-refractivity contribution in [3.63, 3.8) is 0 Å². The molecule has 3 aromatic heterocycles. The summed E-state index contributed by atoms with van der Waals surface area (Å²) in [5.41, 5.74) is 5.47. The maximum Gasteiger partial charge on any atom is 0.223 e. The summed E-state index contributed by atoms with van der Waals surface area (Å²) < 4.78 is 21.5. The number of fused-ring (bicyclic) bond motifs is 1. The molecule has 0 radical (unpaired) electrons. The first-order valence-electron chi connectivity index (χ1n) is 13.5. The molecule has 1 aliphatic heterocycles. The summed E-state index contributed by atoms with van der Waals surface area (Å²) in [7, 11) is 0. The summed E-state index contributed by atoms with van der Waals surface area (Å²) in [5, 5.41) is 10.1. The van der Waals surface area contributed by atoms with Gasteiger partial charge in [0.1, 0.15) is 16.5 Å². The second-order valence-corrected chi connectivity index (χ2v) is 11.8. The smallest absolute Gasteiger partial charge is 0.223 e. The average molecular weight is 533 g/mol. The monoisotopic (exact) mass is 532 g/mol. The van der Waals surface area contributed by atoms with Crippen LogP contribution >= 0.6 is 11.8 Å². The Labute approximate surface area is 226 Å². The number of aromatic nitrogens is 4. The average Bonchev–Trinajstić information content (AvgIpc) is 3.57. The first kappa shape index (κ1) is 25.1. The van der Waals surface area contributed by atoms with Gasteiger partial charge in [0.2, 0.25) is 5.95 Å². The van der Waals surface area contributed by atoms with Crippen LogP contribution in [0, 0.1) is 5.82 Å². The highest BCUT2D eigenvalue weighted by atomic mass is 32.2. The molecule has 4 aromatic rings. The fraction of sp³-hybridized carbons (Fsp3) is 0.414. The minimum atomic E-state index is -0.269. The van der Waals surface area contributed by atoms with Crippen molar-refractivity contribution in [2.75, 3.05) is 36.5 Å². The van der Waals surface area contributed by atoms with E-state index in [0.717, 1.165) is 64.7 Å². The Kier molecular flexibility index (Phi) is 7.21. The Morgan fingerprint density at radius 3 is 2.55 bits per heavy atom. The first-order chi connectivity index (χ1) is 18.5. The van der Waals surface area contributed by atoms with Crippen molar-refractivity contribution in [1.82, 2.24) is 19.6 Å². The lowest BCUT2D eigenvalue weighted by atomic mass is 10.0. The van der Waals surface area contributed by atoms with Gasteiger partial charge in [-0.2, -0.15) is 5.10 Å². The minimum Gasteiger partial charge on any atom is -0.378 e. The van der Waals surface area contributed by atoms with E-state index in [-0.39, 0.29) is 5.82 Å². The summed E-state index contributed by atoms with van der Waals surface area (Å²) in [6, 6.07) is 13.3. The Balaban J connectivity index is 1.55. The quantitative estimate of drug-likeness (QED) is 0.281. The van der Waals surface area contributed by atoms with Gasteiger partial charge in [0.15, 0.2) is 0 Å². The molecule has 0 atom stereocenters. The number of halogens is 1. The largest absolute Gasteiger partial charge is 0.378 e. The molecule has 0 unspecified atom stereocenters. The van der Waals surface area contributed by atoms with Crippen molar-refractivity contribution in [3.8, 4) is 22.5 Å². The zero-order valence-electron chi connectivity index (χ0n) is 21.9. The molecule has 1 saturated carbocycles. The van der Waals surface area contributed by atoms with E-state index in [9.17, 15) is 4.39 Å². The molecule has 1 aromatic carbocycles. The van der Waals surface area contributed by atoms with Crippen LogP contribution in [-0.2, 0) is 4.74 Å². The van der Waals surface area contributed by atoms with Crippen molar-refractivity contribution in [3.05, 3.63) is 54.5 Å². The van der Waals surface area contributed by atoms with E-state index < -0.39 is 0 Å². The molecular formula is C29H33FN6OS. The number of nitrogens with zero attached hydrogens (tertiary/aromatic N) is 5. The third kappa shape index (κ3) is 5.22. The number of anilines is 2. The van der Waals surface area contributed by atoms with Crippen molar-refractivity contribution in [1.29, 1.82) is 0 Å². The molecule has 0 amide bonds. The van der Waals surface area contributed by atoms with E-state index in [2.05, 4.69) is 41.2 Å². The van der Waals surface area contributed by atoms with Crippen LogP contribution < -0.4 is 10.2 Å². The van der Waals surface area contributed by atoms with Gasteiger partial charge in [0.25, 0.3) is 0 Å². The van der Waals surface area contributed by atoms with Crippen LogP contribution in [0.4, 0.5) is 16.0 Å². The number of morpholine rings is 1. The van der Waals surface area contributed by atoms with Crippen molar-refractivity contribution in [2.24, 2.45) is 0 Å². The molecule has 0 bridgehead atoms. The number of pyridine rings is 1. The number of hydrogen-bond donors (Lipinski definition) is 1. The molecule has 2 aliphatic rings. The number of thioether (sulfide) groups is 1. The molecule has 0 spiro atoms. The van der Waals surface area contributed by atoms with Gasteiger partial charge in [-0.15, -0.1) is 11.8 Å². The highest BCUT2D eigenvalue weighted by molar-refractivity contribution is 7.99. The predicted molar refractivity (Wildman–Crippen MR) is 152 cm³/mol. The molecule has 4 heterocycles. The van der Waals surface area contributed by atoms with Gasteiger partial charge < -0.3 is 15.0 Å². The van der Waals surface area contributed by atoms with Crippen LogP contribution in [0.3, 0.4) is 0 Å². The maximum absolute atomic E-state index is 13.9. The lowest BCUT2D eigenvalue weighted by molar-refractivity contribution is 0.122. The molecule has 1 aliphatic carbocycles. The van der Waals surface area contributed by atoms with Gasteiger partial charge >= 0.3 is 0 Å². The van der Waals surface area contributed by atoms with Crippen LogP contribution in [-0.4, -0.2) is 57.2 Å². The van der Waals surface area contributed by atoms with Crippen molar-refractivity contribution in [2.45, 2.75) is 55.8 Å². The number of nitrogens with one attached hydrogen (secondary N) is 1. The predicted octanol–water partition coefficient (Wildman–Crippen LogP) is 6.29. The molecule has 1 N–H and O–H groups in total. The summed E-state index contributed by atoms with van der Waals surface area (Å²) in [5.74, 6) is 0.370. The van der Waals surface area contributed by atoms with E-state index in [1.807, 2.05) is 16.8 Å². The van der Waals surface area contributed by atoms with Gasteiger partial charge in [-0.1, -0.05) is 26.7 Å². The van der Waals surface area contributed by atoms with Crippen LogP contribution in [0.5, 0.6) is 0 Å². The number of hydrogen-bond acceptors (Lipinski definition) is 7. The Morgan fingerprint density at radius 1 is 1.05 bits per heavy atom. The summed E-state index contributed by atoms with van der Waals surface area (Å²) in [6.07, 6.45) is 6.57. The molecular weight excluding hydrogens is 499 g/mol. The second kappa shape index (κ2) is 10.9. The van der Waals surface area contributed by atoms with Gasteiger partial charge in [0, 0.05) is 41.8 Å². The zero-order chi connectivity index (χ0) is 26.1. The third-order valence-corrected chi connectivity index (χ3v) is 8.14. The van der Waals surface area contributed by atoms with Crippen LogP contribution in [0.1, 0.15) is 39.5 Å². The second-order valence-electron chi connectivity index (χ2n) is 10.2. The molecule has 7 nitrogen and oxygen atoms in total. The molecule has 9 heteroatoms. The molecule has 38 heavy (non-hydrogen) atoms. The Bertz CT molecular complexity index is 1410. The Hall–Kier alpha value is -3.17. The standard InChI is InChI=1S/C29H33FN6OS/c1-19(2)38-26-18-23(35-13-15-37-16-14-35)17-25-27(28(34-36(25)26)20-7-9-21(30)10-8-20)24-11-12-31-29(33-24)32-22-5-3-4-6-22/h7-12,17-19,22H,3-6,13-16H2,1-2H3,(H,31,32,33). The third-order valence-electron chi connectivity index (χ3n) is 7.14.